The monoisotopic (exact) mass is 420 g/mol. The van der Waals surface area contributed by atoms with Gasteiger partial charge in [0.1, 0.15) is 0 Å². The quantitative estimate of drug-likeness (QED) is 0.276. The van der Waals surface area contributed by atoms with Crippen LogP contribution >= 0.6 is 37.2 Å². The largest absolute Gasteiger partial charge is 1.00 e. The van der Waals surface area contributed by atoms with Crippen molar-refractivity contribution in [1.29, 1.82) is 0 Å². The van der Waals surface area contributed by atoms with Crippen molar-refractivity contribution in [2.45, 2.75) is 0 Å². The molecule has 0 aromatic rings. The first-order chi connectivity index (χ1) is 1.41. The van der Waals surface area contributed by atoms with Gasteiger partial charge in [-0.3, -0.25) is 0 Å². The molecular weight excluding hydrogens is 420 g/mol. The third-order valence-electron chi connectivity index (χ3n) is 0. The summed E-state index contributed by atoms with van der Waals surface area (Å²) < 4.78 is 0. The second-order valence-corrected chi connectivity index (χ2v) is 16.3. The molecule has 0 aliphatic rings. The van der Waals surface area contributed by atoms with Gasteiger partial charge in [-0.2, -0.15) is 0 Å². The van der Waals surface area contributed by atoms with Crippen molar-refractivity contribution in [3.8, 4) is 0 Å². The SMILES string of the molecule is I[I-]I.[K+]. The molecule has 0 unspecified atom stereocenters. The first kappa shape index (κ1) is 10.7. The fraction of sp³-hybridized carbons (Fsp3) is 0. The van der Waals surface area contributed by atoms with Crippen LogP contribution in [0.3, 0.4) is 0 Å². The molecule has 0 aromatic heterocycles. The molecule has 0 saturated carbocycles. The molecule has 0 rings (SSSR count). The van der Waals surface area contributed by atoms with Gasteiger partial charge in [0.15, 0.2) is 0 Å². The average molecular weight is 420 g/mol. The van der Waals surface area contributed by atoms with E-state index in [4.69, 9.17) is 0 Å². The van der Waals surface area contributed by atoms with Crippen molar-refractivity contribution in [1.82, 2.24) is 0 Å². The Hall–Kier alpha value is 3.83. The van der Waals surface area contributed by atoms with Gasteiger partial charge in [0, 0.05) is 0 Å². The van der Waals surface area contributed by atoms with Gasteiger partial charge in [0.05, 0.1) is 0 Å². The van der Waals surface area contributed by atoms with E-state index in [0.29, 0.717) is 13.3 Å². The summed E-state index contributed by atoms with van der Waals surface area (Å²) in [7, 11) is 0. The van der Waals surface area contributed by atoms with Crippen molar-refractivity contribution in [3.63, 3.8) is 0 Å². The molecule has 0 radical (unpaired) electrons. The molecule has 0 spiro atoms. The third kappa shape index (κ3) is 9.27. The molecule has 4 heteroatoms. The van der Waals surface area contributed by atoms with Crippen LogP contribution in [0.2, 0.25) is 0 Å². The fourth-order valence-corrected chi connectivity index (χ4v) is 0. The van der Waals surface area contributed by atoms with Crippen molar-refractivity contribution in [2.75, 3.05) is 0 Å². The number of hydrogen-bond donors (Lipinski definition) is 0. The van der Waals surface area contributed by atoms with Gasteiger partial charge in [-0.15, -0.1) is 0 Å². The Bertz CT molecular complexity index is 3.25. The molecular formula is I3K. The van der Waals surface area contributed by atoms with Crippen LogP contribution in [0.15, 0.2) is 0 Å². The van der Waals surface area contributed by atoms with Gasteiger partial charge < -0.3 is 0 Å². The molecule has 0 amide bonds. The van der Waals surface area contributed by atoms with Crippen LogP contribution in [-0.2, 0) is 0 Å². The summed E-state index contributed by atoms with van der Waals surface area (Å²) in [4.78, 5) is 0. The van der Waals surface area contributed by atoms with E-state index < -0.39 is 0 Å². The molecule has 0 fully saturated rings. The Kier molecular flexibility index (Phi) is 26.7. The summed E-state index contributed by atoms with van der Waals surface area (Å²) in [5, 5.41) is 0. The van der Waals surface area contributed by atoms with Crippen LogP contribution in [0.25, 0.3) is 0 Å². The Balaban J connectivity index is 0. The molecule has 0 aliphatic carbocycles. The summed E-state index contributed by atoms with van der Waals surface area (Å²) in [5.74, 6) is 0. The van der Waals surface area contributed by atoms with Gasteiger partial charge in [0.2, 0.25) is 0 Å². The van der Waals surface area contributed by atoms with Gasteiger partial charge >= 0.3 is 102 Å². The Morgan fingerprint density at radius 1 is 1.25 bits per heavy atom. The maximum Gasteiger partial charge on any atom is 1.00 e. The topological polar surface area (TPSA) is 0 Å². The van der Waals surface area contributed by atoms with E-state index in [0.717, 1.165) is 0 Å². The smallest absolute Gasteiger partial charge is 1.00 e. The van der Waals surface area contributed by atoms with E-state index in [1.807, 2.05) is 0 Å². The minimum Gasteiger partial charge on any atom is 1.00 e. The molecule has 0 N–H and O–H groups in total. The first-order valence-electron chi connectivity index (χ1n) is 0.286. The molecule has 0 aromatic carbocycles. The van der Waals surface area contributed by atoms with Crippen LogP contribution < -0.4 is 64.6 Å². The maximum absolute atomic E-state index is 2.39. The Labute approximate surface area is 98.3 Å². The zero-order chi connectivity index (χ0) is 2.71. The Morgan fingerprint density at radius 2 is 1.25 bits per heavy atom. The van der Waals surface area contributed by atoms with Crippen LogP contribution in [0.5, 0.6) is 0 Å². The Morgan fingerprint density at radius 3 is 1.25 bits per heavy atom. The summed E-state index contributed by atoms with van der Waals surface area (Å²) in [5.41, 5.74) is 0. The zero-order valence-corrected chi connectivity index (χ0v) is 11.7. The van der Waals surface area contributed by atoms with Crippen LogP contribution in [-0.4, -0.2) is 0 Å². The summed E-state index contributed by atoms with van der Waals surface area (Å²) in [6.07, 6.45) is 0. The minimum absolute atomic E-state index is 0. The van der Waals surface area contributed by atoms with E-state index in [1.54, 1.807) is 0 Å². The summed E-state index contributed by atoms with van der Waals surface area (Å²) >= 11 is 5.30. The van der Waals surface area contributed by atoms with E-state index in [9.17, 15) is 0 Å². The maximum atomic E-state index is 2.39. The minimum atomic E-state index is 0. The van der Waals surface area contributed by atoms with Crippen LogP contribution in [0, 0.1) is 0 Å². The first-order valence-corrected chi connectivity index (χ1v) is 12.9. The van der Waals surface area contributed by atoms with Crippen LogP contribution in [0.1, 0.15) is 0 Å². The van der Waals surface area contributed by atoms with E-state index in [2.05, 4.69) is 37.2 Å². The normalized spacial score (nSPS) is 5.50. The van der Waals surface area contributed by atoms with Gasteiger partial charge in [0.25, 0.3) is 0 Å². The van der Waals surface area contributed by atoms with Gasteiger partial charge in [-0.25, -0.2) is 0 Å². The van der Waals surface area contributed by atoms with Crippen molar-refractivity contribution in [2.24, 2.45) is 0 Å². The van der Waals surface area contributed by atoms with Crippen molar-refractivity contribution >= 4 is 37.2 Å². The third-order valence-corrected chi connectivity index (χ3v) is 0. The predicted molar refractivity (Wildman–Crippen MR) is 28.0 cm³/mol. The molecule has 0 bridgehead atoms. The molecule has 0 saturated heterocycles. The van der Waals surface area contributed by atoms with E-state index >= 15 is 0 Å². The summed E-state index contributed by atoms with van der Waals surface area (Å²) in [6.45, 7) is 0. The van der Waals surface area contributed by atoms with Crippen molar-refractivity contribution < 1.29 is 64.6 Å². The van der Waals surface area contributed by atoms with E-state index in [-0.39, 0.29) is 51.4 Å². The standard InChI is InChI=1S/I3.K/c1-3-2;/q-1;+1. The predicted octanol–water partition coefficient (Wildman–Crippen LogP) is -4.22. The zero-order valence-electron chi connectivity index (χ0n) is 2.13. The van der Waals surface area contributed by atoms with Gasteiger partial charge in [-0.1, -0.05) is 0 Å². The molecule has 4 heavy (non-hydrogen) atoms. The second kappa shape index (κ2) is 9.95. The number of rotatable bonds is 0. The van der Waals surface area contributed by atoms with Gasteiger partial charge in [-0.05, 0) is 0 Å². The molecule has 0 atom stereocenters. The summed E-state index contributed by atoms with van der Waals surface area (Å²) in [6, 6.07) is 0. The molecule has 0 nitrogen and oxygen atoms in total. The second-order valence-electron chi connectivity index (χ2n) is 0.0540. The van der Waals surface area contributed by atoms with E-state index in [1.165, 1.54) is 0 Å². The average Bonchev–Trinajstić information content (AvgIpc) is 0.918. The molecule has 0 heterocycles. The molecule has 0 aliphatic heterocycles. The number of hydrogen-bond acceptors (Lipinski definition) is 0. The molecule has 22 valence electrons. The van der Waals surface area contributed by atoms with Crippen LogP contribution in [0.4, 0.5) is 0 Å². The fourth-order valence-electron chi connectivity index (χ4n) is 0. The van der Waals surface area contributed by atoms with Crippen molar-refractivity contribution in [3.05, 3.63) is 0 Å². The number of halogens is 3.